The van der Waals surface area contributed by atoms with Gasteiger partial charge in [0, 0.05) is 12.8 Å². The number of phenols is 1. The van der Waals surface area contributed by atoms with Crippen LogP contribution in [0.25, 0.3) is 0 Å². The number of carboxylic acids is 1. The molecule has 1 aromatic rings. The van der Waals surface area contributed by atoms with Gasteiger partial charge < -0.3 is 68.9 Å². The molecule has 7 amide bonds. The van der Waals surface area contributed by atoms with Crippen LogP contribution in [0.2, 0.25) is 0 Å². The van der Waals surface area contributed by atoms with Crippen molar-refractivity contribution in [3.8, 4) is 5.75 Å². The lowest BCUT2D eigenvalue weighted by Gasteiger charge is -2.27. The number of amides is 7. The molecule has 0 bridgehead atoms. The highest BCUT2D eigenvalue weighted by molar-refractivity contribution is 5.97. The van der Waals surface area contributed by atoms with Crippen LogP contribution in [0.15, 0.2) is 24.3 Å². The third-order valence-corrected chi connectivity index (χ3v) is 6.63. The van der Waals surface area contributed by atoms with Gasteiger partial charge in [0.15, 0.2) is 0 Å². The van der Waals surface area contributed by atoms with E-state index in [1.165, 1.54) is 24.3 Å². The Bertz CT molecular complexity index is 1340. The predicted molar refractivity (Wildman–Crippen MR) is 165 cm³/mol. The van der Waals surface area contributed by atoms with Crippen molar-refractivity contribution >= 4 is 47.3 Å². The van der Waals surface area contributed by atoms with Gasteiger partial charge in [-0.3, -0.25) is 38.4 Å². The molecule has 6 atom stereocenters. The summed E-state index contributed by atoms with van der Waals surface area (Å²) in [7, 11) is 0. The maximum absolute atomic E-state index is 13.5. The van der Waals surface area contributed by atoms with Gasteiger partial charge >= 0.3 is 5.97 Å². The van der Waals surface area contributed by atoms with Crippen molar-refractivity contribution < 1.29 is 63.9 Å². The lowest BCUT2D eigenvalue weighted by Crippen LogP contribution is -2.62. The zero-order valence-electron chi connectivity index (χ0n) is 26.4. The Balaban J connectivity index is 3.24. The van der Waals surface area contributed by atoms with Gasteiger partial charge in [0.1, 0.15) is 42.5 Å². The van der Waals surface area contributed by atoms with E-state index < -0.39 is 110 Å². The number of carboxylic acid groups (broad SMARTS) is 1. The van der Waals surface area contributed by atoms with E-state index in [9.17, 15) is 58.8 Å². The van der Waals surface area contributed by atoms with E-state index in [4.69, 9.17) is 16.6 Å². The molecule has 0 saturated carbocycles. The van der Waals surface area contributed by atoms with Crippen LogP contribution in [0.3, 0.4) is 0 Å². The molecule has 0 saturated heterocycles. The second-order valence-corrected chi connectivity index (χ2v) is 10.6. The fourth-order valence-corrected chi connectivity index (χ4v) is 4.03. The van der Waals surface area contributed by atoms with Crippen molar-refractivity contribution in [2.45, 2.75) is 62.5 Å². The molecule has 0 aliphatic carbocycles. The lowest BCUT2D eigenvalue weighted by molar-refractivity contribution is -0.139. The van der Waals surface area contributed by atoms with E-state index >= 15 is 0 Å². The largest absolute Gasteiger partial charge is 0.508 e. The number of aliphatic hydroxyl groups excluding tert-OH is 3. The summed E-state index contributed by atoms with van der Waals surface area (Å²) in [5.74, 6) is -8.57. The third kappa shape index (κ3) is 14.9. The number of aliphatic carboxylic acids is 1. The minimum atomic E-state index is -1.79. The van der Waals surface area contributed by atoms with Crippen LogP contribution in [-0.2, 0) is 44.8 Å². The second-order valence-electron chi connectivity index (χ2n) is 10.6. The molecule has 15 N–H and O–H groups in total. The molecule has 21 heteroatoms. The average Bonchev–Trinajstić information content (AvgIpc) is 3.05. The molecule has 0 heterocycles. The summed E-state index contributed by atoms with van der Waals surface area (Å²) >= 11 is 0. The van der Waals surface area contributed by atoms with Crippen LogP contribution in [0.1, 0.15) is 25.3 Å². The second kappa shape index (κ2) is 20.8. The molecule has 0 aliphatic heterocycles. The van der Waals surface area contributed by atoms with Gasteiger partial charge in [0.25, 0.3) is 0 Å². The highest BCUT2D eigenvalue weighted by Crippen LogP contribution is 2.12. The van der Waals surface area contributed by atoms with E-state index in [2.05, 4.69) is 26.6 Å². The minimum absolute atomic E-state index is 0.124. The van der Waals surface area contributed by atoms with Crippen molar-refractivity contribution in [1.82, 2.24) is 31.9 Å². The molecule has 0 radical (unpaired) electrons. The topological polar surface area (TPSA) is 362 Å². The molecule has 0 aromatic heterocycles. The predicted octanol–water partition coefficient (Wildman–Crippen LogP) is -6.85. The van der Waals surface area contributed by atoms with Gasteiger partial charge in [0.05, 0.1) is 25.9 Å². The average molecular weight is 699 g/mol. The van der Waals surface area contributed by atoms with Crippen molar-refractivity contribution in [3.63, 3.8) is 0 Å². The molecule has 0 fully saturated rings. The van der Waals surface area contributed by atoms with Crippen molar-refractivity contribution in [2.75, 3.05) is 26.3 Å². The van der Waals surface area contributed by atoms with Crippen LogP contribution in [0.5, 0.6) is 5.75 Å². The monoisotopic (exact) mass is 698 g/mol. The first kappa shape index (κ1) is 41.6. The number of hydrogen-bond donors (Lipinski definition) is 13. The number of rotatable bonds is 21. The quantitative estimate of drug-likeness (QED) is 0.0568. The number of aliphatic hydroxyl groups is 3. The Morgan fingerprint density at radius 1 is 0.735 bits per heavy atom. The lowest BCUT2D eigenvalue weighted by atomic mass is 10.0. The van der Waals surface area contributed by atoms with Crippen LogP contribution >= 0.6 is 0 Å². The van der Waals surface area contributed by atoms with Gasteiger partial charge in [-0.2, -0.15) is 0 Å². The smallest absolute Gasteiger partial charge is 0.322 e. The maximum Gasteiger partial charge on any atom is 0.322 e. The molecule has 1 rings (SSSR count). The van der Waals surface area contributed by atoms with Crippen molar-refractivity contribution in [2.24, 2.45) is 11.5 Å². The number of hydrogen-bond acceptors (Lipinski definition) is 13. The summed E-state index contributed by atoms with van der Waals surface area (Å²) in [5.41, 5.74) is 10.8. The molecule has 49 heavy (non-hydrogen) atoms. The molecule has 272 valence electrons. The summed E-state index contributed by atoms with van der Waals surface area (Å²) < 4.78 is 0. The number of benzene rings is 1. The van der Waals surface area contributed by atoms with E-state index in [1.807, 2.05) is 5.32 Å². The molecule has 21 nitrogen and oxygen atoms in total. The number of carbonyl (C=O) groups is 8. The van der Waals surface area contributed by atoms with Crippen LogP contribution in [0.4, 0.5) is 0 Å². The first-order chi connectivity index (χ1) is 23.0. The Kier molecular flexibility index (Phi) is 17.7. The Morgan fingerprint density at radius 3 is 1.76 bits per heavy atom. The number of phenolic OH excluding ortho intramolecular Hbond substituents is 1. The maximum atomic E-state index is 13.5. The van der Waals surface area contributed by atoms with Crippen LogP contribution in [-0.4, -0.2) is 135 Å². The standard InChI is InChI=1S/C28H42N8O13/c1-13(39)23(28(49)35-18(11-37)24(45)31-10-22(43)44)36-26(47)17(8-14-2-4-15(40)5-3-14)33-27(48)19(12-38)34-25(46)16(6-7-20(30)41)32-21(42)9-29/h2-5,13,16-19,23,37-40H,6-12,29H2,1H3,(H2,30,41)(H,31,45)(H,32,42)(H,33,48)(H,34,46)(H,35,49)(H,36,47)(H,43,44)/t13-,16+,17+,18+,19+,23+/m1/s1. The van der Waals surface area contributed by atoms with Crippen molar-refractivity contribution in [3.05, 3.63) is 29.8 Å². The number of aromatic hydroxyl groups is 1. The summed E-state index contributed by atoms with van der Waals surface area (Å²) in [4.78, 5) is 98.5. The van der Waals surface area contributed by atoms with Gasteiger partial charge in [-0.15, -0.1) is 0 Å². The molecule has 0 spiro atoms. The highest BCUT2D eigenvalue weighted by atomic mass is 16.4. The zero-order valence-corrected chi connectivity index (χ0v) is 26.4. The summed E-state index contributed by atoms with van der Waals surface area (Å²) in [6.07, 6.45) is -2.54. The highest BCUT2D eigenvalue weighted by Gasteiger charge is 2.34. The van der Waals surface area contributed by atoms with E-state index in [-0.39, 0.29) is 25.0 Å². The van der Waals surface area contributed by atoms with Gasteiger partial charge in [-0.25, -0.2) is 0 Å². The summed E-state index contributed by atoms with van der Waals surface area (Å²) in [5, 5.41) is 61.1. The third-order valence-electron chi connectivity index (χ3n) is 6.63. The fraction of sp³-hybridized carbons (Fsp3) is 0.500. The van der Waals surface area contributed by atoms with Crippen LogP contribution in [0, 0.1) is 0 Å². The summed E-state index contributed by atoms with van der Waals surface area (Å²) in [6, 6.07) is -2.80. The van der Waals surface area contributed by atoms with Crippen LogP contribution < -0.4 is 43.4 Å². The molecule has 0 aliphatic rings. The fourth-order valence-electron chi connectivity index (χ4n) is 4.03. The summed E-state index contributed by atoms with van der Waals surface area (Å²) in [6.45, 7) is -2.23. The van der Waals surface area contributed by atoms with Gasteiger partial charge in [-0.05, 0) is 31.0 Å². The Labute approximate surface area is 279 Å². The number of nitrogens with one attached hydrogen (secondary N) is 6. The number of nitrogens with two attached hydrogens (primary N) is 2. The first-order valence-corrected chi connectivity index (χ1v) is 14.7. The molecule has 0 unspecified atom stereocenters. The molecular weight excluding hydrogens is 656 g/mol. The van der Waals surface area contributed by atoms with E-state index in [0.717, 1.165) is 6.92 Å². The van der Waals surface area contributed by atoms with Crippen molar-refractivity contribution in [1.29, 1.82) is 0 Å². The van der Waals surface area contributed by atoms with E-state index in [0.29, 0.717) is 5.56 Å². The normalized spacial score (nSPS) is 14.4. The number of primary amides is 1. The number of carbonyl (C=O) groups excluding carboxylic acids is 7. The van der Waals surface area contributed by atoms with Gasteiger partial charge in [-0.1, -0.05) is 12.1 Å². The molecule has 1 aromatic carbocycles. The molecular formula is C28H42N8O13. The Hall–Kier alpha value is -5.38. The zero-order chi connectivity index (χ0) is 37.3. The Morgan fingerprint density at radius 2 is 1.24 bits per heavy atom. The van der Waals surface area contributed by atoms with E-state index in [1.54, 1.807) is 0 Å². The first-order valence-electron chi connectivity index (χ1n) is 14.7. The SMILES string of the molecule is C[C@@H](O)[C@H](NC(=O)[C@H](Cc1ccc(O)cc1)NC(=O)[C@H](CO)NC(=O)[C@H](CCC(N)=O)NC(=O)CN)C(=O)N[C@@H](CO)C(=O)NCC(=O)O. The van der Waals surface area contributed by atoms with Gasteiger partial charge in [0.2, 0.25) is 41.4 Å². The minimum Gasteiger partial charge on any atom is -0.508 e.